The van der Waals surface area contributed by atoms with Gasteiger partial charge in [0.1, 0.15) is 17.0 Å². The largest absolute Gasteiger partial charge is 0.495 e. The number of carbonyl (C=O) groups excluding carboxylic acids is 1. The first-order chi connectivity index (χ1) is 12.3. The van der Waals surface area contributed by atoms with Crippen LogP contribution in [0.5, 0.6) is 5.75 Å². The van der Waals surface area contributed by atoms with Crippen LogP contribution in [0.4, 0.5) is 5.69 Å². The Morgan fingerprint density at radius 1 is 1.24 bits per heavy atom. The molecular formula is C20H22N2O3. The fraction of sp³-hybridized carbons (Fsp3) is 0.450. The Kier molecular flexibility index (Phi) is 3.22. The van der Waals surface area contributed by atoms with E-state index in [2.05, 4.69) is 4.90 Å². The Morgan fingerprint density at radius 2 is 2.12 bits per heavy atom. The first kappa shape index (κ1) is 15.0. The Morgan fingerprint density at radius 3 is 2.92 bits per heavy atom. The van der Waals surface area contributed by atoms with Gasteiger partial charge in [0.15, 0.2) is 0 Å². The third kappa shape index (κ3) is 1.90. The van der Waals surface area contributed by atoms with Gasteiger partial charge in [-0.3, -0.25) is 9.69 Å². The van der Waals surface area contributed by atoms with Gasteiger partial charge in [-0.15, -0.1) is 0 Å². The Labute approximate surface area is 147 Å². The molecule has 3 aliphatic heterocycles. The summed E-state index contributed by atoms with van der Waals surface area (Å²) < 4.78 is 11.2. The summed E-state index contributed by atoms with van der Waals surface area (Å²) >= 11 is 0. The second-order valence-electron chi connectivity index (χ2n) is 7.27. The topological polar surface area (TPSA) is 45.9 Å². The van der Waals surface area contributed by atoms with Crippen molar-refractivity contribution in [3.8, 4) is 5.75 Å². The summed E-state index contributed by atoms with van der Waals surface area (Å²) in [5.74, 6) is 2.32. The summed E-state index contributed by atoms with van der Waals surface area (Å²) in [7, 11) is 1.66. The van der Waals surface area contributed by atoms with Crippen LogP contribution >= 0.6 is 0 Å². The zero-order valence-electron chi connectivity index (χ0n) is 14.4. The van der Waals surface area contributed by atoms with Crippen molar-refractivity contribution in [1.82, 2.24) is 4.90 Å². The predicted octanol–water partition coefficient (Wildman–Crippen LogP) is 3.23. The summed E-state index contributed by atoms with van der Waals surface area (Å²) in [4.78, 5) is 17.9. The lowest BCUT2D eigenvalue weighted by Crippen LogP contribution is -2.49. The number of para-hydroxylation sites is 2. The normalized spacial score (nSPS) is 31.4. The molecule has 0 unspecified atom stereocenters. The molecule has 130 valence electrons. The van der Waals surface area contributed by atoms with E-state index in [0.717, 1.165) is 49.5 Å². The van der Waals surface area contributed by atoms with E-state index in [-0.39, 0.29) is 17.5 Å². The molecule has 0 bridgehead atoms. The first-order valence-corrected chi connectivity index (χ1v) is 9.01. The second-order valence-corrected chi connectivity index (χ2v) is 7.27. The summed E-state index contributed by atoms with van der Waals surface area (Å²) in [6.45, 7) is 1.72. The highest BCUT2D eigenvalue weighted by Crippen LogP contribution is 2.57. The number of furan rings is 1. The molecule has 5 heteroatoms. The van der Waals surface area contributed by atoms with Crippen LogP contribution < -0.4 is 9.64 Å². The summed E-state index contributed by atoms with van der Waals surface area (Å²) in [5.41, 5.74) is 0.526. The number of rotatable bonds is 3. The van der Waals surface area contributed by atoms with Crippen molar-refractivity contribution in [3.63, 3.8) is 0 Å². The lowest BCUT2D eigenvalue weighted by molar-refractivity contribution is -0.126. The number of nitrogens with zero attached hydrogens (tertiary/aromatic N) is 2. The van der Waals surface area contributed by atoms with Gasteiger partial charge in [0.2, 0.25) is 5.91 Å². The smallest absolute Gasteiger partial charge is 0.248 e. The van der Waals surface area contributed by atoms with E-state index in [0.29, 0.717) is 5.92 Å². The van der Waals surface area contributed by atoms with Gasteiger partial charge in [0, 0.05) is 19.0 Å². The number of methoxy groups -OCH3 is 1. The maximum absolute atomic E-state index is 13.6. The molecule has 5 rings (SSSR count). The van der Waals surface area contributed by atoms with Crippen LogP contribution in [-0.2, 0) is 4.79 Å². The van der Waals surface area contributed by atoms with Crippen LogP contribution in [0.25, 0.3) is 0 Å². The van der Waals surface area contributed by atoms with E-state index >= 15 is 0 Å². The van der Waals surface area contributed by atoms with Crippen molar-refractivity contribution in [2.45, 2.75) is 30.8 Å². The lowest BCUT2D eigenvalue weighted by atomic mass is 9.85. The minimum atomic E-state index is -0.363. The third-order valence-electron chi connectivity index (χ3n) is 6.29. The van der Waals surface area contributed by atoms with Gasteiger partial charge in [0.05, 0.1) is 25.1 Å². The van der Waals surface area contributed by atoms with E-state index in [1.165, 1.54) is 0 Å². The maximum Gasteiger partial charge on any atom is 0.248 e. The maximum atomic E-state index is 13.6. The van der Waals surface area contributed by atoms with Crippen molar-refractivity contribution in [2.75, 3.05) is 25.1 Å². The van der Waals surface area contributed by atoms with Crippen molar-refractivity contribution in [1.29, 1.82) is 0 Å². The van der Waals surface area contributed by atoms with Crippen molar-refractivity contribution in [2.24, 2.45) is 5.92 Å². The van der Waals surface area contributed by atoms with Crippen LogP contribution in [0.2, 0.25) is 0 Å². The molecule has 0 aliphatic carbocycles. The molecule has 25 heavy (non-hydrogen) atoms. The number of ether oxygens (including phenoxy) is 1. The molecule has 4 heterocycles. The standard InChI is InChI=1S/C20H22N2O3/c1-24-17-7-3-2-6-15(17)21-13-14-12-16(18-8-4-11-25-18)22-10-5-9-20(14,22)19(21)23/h2-4,6-8,11,14,16H,5,9-10,12-13H2,1H3/t14-,16-,20-/m0/s1. The van der Waals surface area contributed by atoms with E-state index in [1.807, 2.05) is 41.3 Å². The second kappa shape index (κ2) is 5.36. The number of benzene rings is 1. The van der Waals surface area contributed by atoms with E-state index in [4.69, 9.17) is 9.15 Å². The van der Waals surface area contributed by atoms with Crippen LogP contribution in [-0.4, -0.2) is 36.5 Å². The van der Waals surface area contributed by atoms with Crippen LogP contribution in [0.3, 0.4) is 0 Å². The monoisotopic (exact) mass is 338 g/mol. The van der Waals surface area contributed by atoms with Gasteiger partial charge in [-0.2, -0.15) is 0 Å². The van der Waals surface area contributed by atoms with Gasteiger partial charge in [-0.1, -0.05) is 12.1 Å². The molecule has 3 fully saturated rings. The van der Waals surface area contributed by atoms with Gasteiger partial charge < -0.3 is 14.1 Å². The highest BCUT2D eigenvalue weighted by atomic mass is 16.5. The molecule has 3 aliphatic rings. The Balaban J connectivity index is 1.53. The molecule has 1 aromatic heterocycles. The molecule has 1 spiro atoms. The van der Waals surface area contributed by atoms with Crippen LogP contribution in [0, 0.1) is 5.92 Å². The van der Waals surface area contributed by atoms with E-state index in [1.54, 1.807) is 13.4 Å². The highest BCUT2D eigenvalue weighted by molar-refractivity contribution is 6.04. The number of hydrogen-bond donors (Lipinski definition) is 0. The van der Waals surface area contributed by atoms with Crippen molar-refractivity contribution >= 4 is 11.6 Å². The zero-order valence-corrected chi connectivity index (χ0v) is 14.4. The minimum absolute atomic E-state index is 0.228. The molecule has 0 saturated carbocycles. The first-order valence-electron chi connectivity index (χ1n) is 9.01. The Bertz CT molecular complexity index is 803. The SMILES string of the molecule is COc1ccccc1N1C[C@@H]2C[C@@H](c3ccco3)N3CCC[C@@]23C1=O. The summed E-state index contributed by atoms with van der Waals surface area (Å²) in [6.07, 6.45) is 4.72. The quantitative estimate of drug-likeness (QED) is 0.862. The number of carbonyl (C=O) groups is 1. The third-order valence-corrected chi connectivity index (χ3v) is 6.29. The molecule has 1 aromatic carbocycles. The lowest BCUT2D eigenvalue weighted by Gasteiger charge is -2.33. The Hall–Kier alpha value is -2.27. The molecule has 0 N–H and O–H groups in total. The van der Waals surface area contributed by atoms with Crippen LogP contribution in [0.15, 0.2) is 47.1 Å². The fourth-order valence-electron chi connectivity index (χ4n) is 5.30. The average molecular weight is 338 g/mol. The molecule has 3 saturated heterocycles. The molecule has 1 amide bonds. The van der Waals surface area contributed by atoms with Gasteiger partial charge in [0.25, 0.3) is 0 Å². The molecule has 3 atom stereocenters. The molecular weight excluding hydrogens is 316 g/mol. The zero-order chi connectivity index (χ0) is 17.0. The number of anilines is 1. The summed E-state index contributed by atoms with van der Waals surface area (Å²) in [6, 6.07) is 12.0. The van der Waals surface area contributed by atoms with E-state index in [9.17, 15) is 4.79 Å². The fourth-order valence-corrected chi connectivity index (χ4v) is 5.30. The van der Waals surface area contributed by atoms with E-state index < -0.39 is 0 Å². The van der Waals surface area contributed by atoms with Crippen molar-refractivity contribution in [3.05, 3.63) is 48.4 Å². The highest BCUT2D eigenvalue weighted by Gasteiger charge is 2.66. The molecule has 0 radical (unpaired) electrons. The summed E-state index contributed by atoms with van der Waals surface area (Å²) in [5, 5.41) is 0. The minimum Gasteiger partial charge on any atom is -0.495 e. The average Bonchev–Trinajstić information content (AvgIpc) is 3.38. The predicted molar refractivity (Wildman–Crippen MR) is 93.6 cm³/mol. The van der Waals surface area contributed by atoms with Crippen molar-refractivity contribution < 1.29 is 13.9 Å². The van der Waals surface area contributed by atoms with Gasteiger partial charge >= 0.3 is 0 Å². The van der Waals surface area contributed by atoms with Gasteiger partial charge in [-0.05, 0) is 43.5 Å². The van der Waals surface area contributed by atoms with Gasteiger partial charge in [-0.25, -0.2) is 0 Å². The number of amides is 1. The number of hydrogen-bond acceptors (Lipinski definition) is 4. The molecule has 5 nitrogen and oxygen atoms in total. The molecule has 2 aromatic rings. The van der Waals surface area contributed by atoms with Crippen LogP contribution in [0.1, 0.15) is 31.1 Å².